The van der Waals surface area contributed by atoms with E-state index in [1.54, 1.807) is 30.3 Å². The Bertz CT molecular complexity index is 1750. The number of nitrogens with zero attached hydrogens (tertiary/aromatic N) is 6. The highest BCUT2D eigenvalue weighted by Crippen LogP contribution is 2.31. The summed E-state index contributed by atoms with van der Waals surface area (Å²) in [7, 11) is 0. The Morgan fingerprint density at radius 3 is 2.43 bits per heavy atom. The Kier molecular flexibility index (Phi) is 8.53. The highest BCUT2D eigenvalue weighted by atomic mass is 16.6. The Morgan fingerprint density at radius 2 is 1.66 bits per heavy atom. The van der Waals surface area contributed by atoms with Crippen LogP contribution in [0.3, 0.4) is 0 Å². The molecule has 3 aromatic carbocycles. The zero-order chi connectivity index (χ0) is 30.3. The van der Waals surface area contributed by atoms with Crippen molar-refractivity contribution in [1.82, 2.24) is 15.0 Å². The van der Waals surface area contributed by atoms with Crippen molar-refractivity contribution >= 4 is 35.4 Å². The van der Waals surface area contributed by atoms with E-state index in [0.29, 0.717) is 34.9 Å². The molecular weight excluding hydrogens is 556 g/mol. The minimum absolute atomic E-state index is 0.0288. The summed E-state index contributed by atoms with van der Waals surface area (Å²) in [5.41, 5.74) is 6.65. The number of nitro benzene ring substituents is 1. The van der Waals surface area contributed by atoms with Crippen molar-refractivity contribution in [2.24, 2.45) is 11.0 Å². The van der Waals surface area contributed by atoms with Gasteiger partial charge in [0.25, 0.3) is 5.69 Å². The third-order valence-electron chi connectivity index (χ3n) is 7.55. The van der Waals surface area contributed by atoms with Crippen LogP contribution in [0.2, 0.25) is 0 Å². The number of hydrogen-bond acceptors (Lipinski definition) is 10. The first-order chi connectivity index (χ1) is 21.5. The molecule has 1 aliphatic rings. The van der Waals surface area contributed by atoms with Gasteiger partial charge in [-0.2, -0.15) is 20.1 Å². The molecule has 1 saturated heterocycles. The Labute approximate surface area is 254 Å². The molecule has 2 N–H and O–H groups in total. The fraction of sp³-hybridized carbons (Fsp3) is 0.212. The normalized spacial score (nSPS) is 13.7. The lowest BCUT2D eigenvalue weighted by atomic mass is 9.90. The topological polar surface area (TPSA) is 135 Å². The minimum atomic E-state index is -0.431. The van der Waals surface area contributed by atoms with Crippen molar-refractivity contribution in [1.29, 1.82) is 0 Å². The predicted molar refractivity (Wildman–Crippen MR) is 171 cm³/mol. The van der Waals surface area contributed by atoms with Gasteiger partial charge in [-0.15, -0.1) is 0 Å². The summed E-state index contributed by atoms with van der Waals surface area (Å²) in [5, 5.41) is 19.0. The van der Waals surface area contributed by atoms with E-state index in [1.165, 1.54) is 17.8 Å². The quantitative estimate of drug-likeness (QED) is 0.100. The van der Waals surface area contributed by atoms with Gasteiger partial charge in [-0.25, -0.2) is 5.43 Å². The average molecular weight is 589 g/mol. The van der Waals surface area contributed by atoms with Gasteiger partial charge in [0.15, 0.2) is 0 Å². The van der Waals surface area contributed by atoms with Crippen LogP contribution >= 0.6 is 0 Å². The van der Waals surface area contributed by atoms with Crippen LogP contribution in [-0.2, 0) is 6.42 Å². The number of aromatic nitrogens is 3. The highest BCUT2D eigenvalue weighted by Gasteiger charge is 2.23. The molecule has 44 heavy (non-hydrogen) atoms. The van der Waals surface area contributed by atoms with Crippen molar-refractivity contribution in [3.63, 3.8) is 0 Å². The van der Waals surface area contributed by atoms with E-state index in [1.807, 2.05) is 31.2 Å². The van der Waals surface area contributed by atoms with Crippen molar-refractivity contribution < 1.29 is 9.34 Å². The van der Waals surface area contributed by atoms with Crippen LogP contribution in [0.5, 0.6) is 0 Å². The second kappa shape index (κ2) is 13.2. The molecular formula is C33H32N8O3. The molecule has 11 nitrogen and oxygen atoms in total. The molecule has 1 aliphatic heterocycles. The molecule has 222 valence electrons. The average Bonchev–Trinajstić information content (AvgIpc) is 3.52. The number of anilines is 4. The summed E-state index contributed by atoms with van der Waals surface area (Å²) in [6.45, 7) is 3.72. The van der Waals surface area contributed by atoms with Crippen LogP contribution in [0.1, 0.15) is 29.7 Å². The van der Waals surface area contributed by atoms with E-state index < -0.39 is 4.92 Å². The van der Waals surface area contributed by atoms with Gasteiger partial charge in [0.1, 0.15) is 11.5 Å². The molecule has 0 saturated carbocycles. The highest BCUT2D eigenvalue weighted by molar-refractivity contribution is 5.79. The van der Waals surface area contributed by atoms with Gasteiger partial charge in [0.05, 0.1) is 16.7 Å². The Morgan fingerprint density at radius 1 is 0.932 bits per heavy atom. The van der Waals surface area contributed by atoms with Crippen LogP contribution in [0, 0.1) is 23.0 Å². The number of benzene rings is 3. The van der Waals surface area contributed by atoms with Gasteiger partial charge in [-0.05, 0) is 68.0 Å². The summed E-state index contributed by atoms with van der Waals surface area (Å²) in [6.07, 6.45) is 4.63. The van der Waals surface area contributed by atoms with Crippen molar-refractivity contribution in [3.05, 3.63) is 118 Å². The van der Waals surface area contributed by atoms with Crippen molar-refractivity contribution in [2.45, 2.75) is 26.2 Å². The number of nitro groups is 1. The van der Waals surface area contributed by atoms with E-state index in [9.17, 15) is 10.1 Å². The summed E-state index contributed by atoms with van der Waals surface area (Å²) in [4.78, 5) is 27.1. The molecule has 3 heterocycles. The van der Waals surface area contributed by atoms with Crippen LogP contribution in [-0.4, -0.2) is 39.2 Å². The van der Waals surface area contributed by atoms with Gasteiger partial charge >= 0.3 is 0 Å². The number of para-hydroxylation sites is 1. The molecule has 0 spiro atoms. The SMILES string of the molecule is Cc1ccc(Nc2nc(N/N=C/c3ccc(-c4ccccc4[N+](=O)[O-])o3)nc(N3CCC(Cc4ccccc4)CC3)n2)cc1. The monoisotopic (exact) mass is 588 g/mol. The van der Waals surface area contributed by atoms with Crippen molar-refractivity contribution in [3.8, 4) is 11.3 Å². The zero-order valence-electron chi connectivity index (χ0n) is 24.3. The molecule has 1 fully saturated rings. The maximum Gasteiger partial charge on any atom is 0.280 e. The first-order valence-corrected chi connectivity index (χ1v) is 14.5. The number of nitrogens with one attached hydrogen (secondary N) is 2. The number of aryl methyl sites for hydroxylation is 1. The molecule has 6 rings (SSSR count). The van der Waals surface area contributed by atoms with E-state index >= 15 is 0 Å². The molecule has 0 aliphatic carbocycles. The predicted octanol–water partition coefficient (Wildman–Crippen LogP) is 7.00. The van der Waals surface area contributed by atoms with Crippen LogP contribution < -0.4 is 15.6 Å². The summed E-state index contributed by atoms with van der Waals surface area (Å²) in [6, 6.07) is 28.4. The summed E-state index contributed by atoms with van der Waals surface area (Å²) in [5.74, 6) is 2.65. The van der Waals surface area contributed by atoms with Crippen LogP contribution in [0.25, 0.3) is 11.3 Å². The fourth-order valence-electron chi connectivity index (χ4n) is 5.22. The summed E-state index contributed by atoms with van der Waals surface area (Å²) < 4.78 is 5.81. The maximum absolute atomic E-state index is 11.4. The Hall–Kier alpha value is -5.58. The lowest BCUT2D eigenvalue weighted by molar-refractivity contribution is -0.384. The van der Waals surface area contributed by atoms with E-state index in [2.05, 4.69) is 61.0 Å². The second-order valence-corrected chi connectivity index (χ2v) is 10.7. The number of hydrogen-bond donors (Lipinski definition) is 2. The number of rotatable bonds is 10. The number of furan rings is 1. The second-order valence-electron chi connectivity index (χ2n) is 10.7. The number of hydrazone groups is 1. The smallest absolute Gasteiger partial charge is 0.280 e. The first kappa shape index (κ1) is 28.5. The van der Waals surface area contributed by atoms with E-state index in [-0.39, 0.29) is 11.6 Å². The Balaban J connectivity index is 1.18. The third-order valence-corrected chi connectivity index (χ3v) is 7.55. The summed E-state index contributed by atoms with van der Waals surface area (Å²) >= 11 is 0. The molecule has 2 aromatic heterocycles. The molecule has 5 aromatic rings. The minimum Gasteiger partial charge on any atom is -0.455 e. The van der Waals surface area contributed by atoms with Gasteiger partial charge in [0.2, 0.25) is 17.8 Å². The van der Waals surface area contributed by atoms with Crippen LogP contribution in [0.4, 0.5) is 29.2 Å². The van der Waals surface area contributed by atoms with Gasteiger partial charge in [-0.3, -0.25) is 10.1 Å². The zero-order valence-corrected chi connectivity index (χ0v) is 24.3. The third kappa shape index (κ3) is 7.06. The molecule has 0 radical (unpaired) electrons. The number of piperidine rings is 1. The lowest BCUT2D eigenvalue weighted by Gasteiger charge is -2.32. The molecule has 0 amide bonds. The van der Waals surface area contributed by atoms with Gasteiger partial charge < -0.3 is 14.6 Å². The molecule has 0 unspecified atom stereocenters. The largest absolute Gasteiger partial charge is 0.455 e. The molecule has 11 heteroatoms. The van der Waals surface area contributed by atoms with E-state index in [4.69, 9.17) is 9.40 Å². The van der Waals surface area contributed by atoms with Gasteiger partial charge in [0, 0.05) is 24.8 Å². The van der Waals surface area contributed by atoms with Crippen LogP contribution in [0.15, 0.2) is 101 Å². The van der Waals surface area contributed by atoms with Crippen molar-refractivity contribution in [2.75, 3.05) is 28.7 Å². The van der Waals surface area contributed by atoms with Gasteiger partial charge in [-0.1, -0.05) is 60.2 Å². The first-order valence-electron chi connectivity index (χ1n) is 14.5. The van der Waals surface area contributed by atoms with E-state index in [0.717, 1.165) is 43.6 Å². The molecule has 0 bridgehead atoms. The fourth-order valence-corrected chi connectivity index (χ4v) is 5.22. The maximum atomic E-state index is 11.4. The molecule has 0 atom stereocenters. The standard InChI is InChI=1S/C33H32N8O3/c1-23-11-13-26(14-12-23)35-31-36-32(38-33(37-31)40-19-17-25(18-20-40)21-24-7-3-2-4-8-24)39-34-22-27-15-16-30(44-27)28-9-5-6-10-29(28)41(42)43/h2-16,22,25H,17-21H2,1H3,(H2,35,36,37,38,39)/b34-22+. The lowest BCUT2D eigenvalue weighted by Crippen LogP contribution is -2.35.